The highest BCUT2D eigenvalue weighted by atomic mass is 19.4. The molecule has 6 heteroatoms. The molecule has 1 amide bonds. The average molecular weight is 274 g/mol. The zero-order valence-corrected chi connectivity index (χ0v) is 10.7. The SMILES string of the molecule is CCCNC(=O)CCNc1cccc(C(F)(F)F)c1. The lowest BCUT2D eigenvalue weighted by molar-refractivity contribution is -0.137. The second-order valence-electron chi connectivity index (χ2n) is 4.11. The lowest BCUT2D eigenvalue weighted by Crippen LogP contribution is -2.25. The van der Waals surface area contributed by atoms with Gasteiger partial charge in [-0.25, -0.2) is 0 Å². The molecule has 0 aromatic heterocycles. The Morgan fingerprint density at radius 1 is 1.26 bits per heavy atom. The second kappa shape index (κ2) is 7.01. The van der Waals surface area contributed by atoms with Crippen LogP contribution in [0.4, 0.5) is 18.9 Å². The van der Waals surface area contributed by atoms with Crippen LogP contribution in [0.25, 0.3) is 0 Å². The minimum absolute atomic E-state index is 0.110. The molecule has 3 nitrogen and oxygen atoms in total. The van der Waals surface area contributed by atoms with Crippen molar-refractivity contribution in [3.8, 4) is 0 Å². The number of amides is 1. The van der Waals surface area contributed by atoms with Crippen molar-refractivity contribution in [2.45, 2.75) is 25.9 Å². The lowest BCUT2D eigenvalue weighted by Gasteiger charge is -2.10. The fourth-order valence-electron chi connectivity index (χ4n) is 1.48. The van der Waals surface area contributed by atoms with Crippen LogP contribution >= 0.6 is 0 Å². The van der Waals surface area contributed by atoms with Crippen molar-refractivity contribution in [2.24, 2.45) is 0 Å². The Balaban J connectivity index is 2.44. The molecular formula is C13H17F3N2O. The largest absolute Gasteiger partial charge is 0.416 e. The van der Waals surface area contributed by atoms with E-state index in [-0.39, 0.29) is 12.3 Å². The maximum Gasteiger partial charge on any atom is 0.416 e. The van der Waals surface area contributed by atoms with Crippen LogP contribution in [-0.4, -0.2) is 19.0 Å². The van der Waals surface area contributed by atoms with Crippen molar-refractivity contribution in [1.29, 1.82) is 0 Å². The third kappa shape index (κ3) is 5.63. The van der Waals surface area contributed by atoms with Crippen LogP contribution < -0.4 is 10.6 Å². The Bertz CT molecular complexity index is 419. The zero-order chi connectivity index (χ0) is 14.3. The number of anilines is 1. The van der Waals surface area contributed by atoms with Gasteiger partial charge in [-0.3, -0.25) is 4.79 Å². The quantitative estimate of drug-likeness (QED) is 0.837. The molecule has 0 radical (unpaired) electrons. The molecule has 1 aromatic rings. The Labute approximate surface area is 110 Å². The van der Waals surface area contributed by atoms with Crippen LogP contribution in [0.15, 0.2) is 24.3 Å². The number of alkyl halides is 3. The summed E-state index contributed by atoms with van der Waals surface area (Å²) in [6.07, 6.45) is -3.26. The highest BCUT2D eigenvalue weighted by Crippen LogP contribution is 2.30. The summed E-state index contributed by atoms with van der Waals surface area (Å²) in [6, 6.07) is 4.92. The summed E-state index contributed by atoms with van der Waals surface area (Å²) in [5, 5.41) is 5.50. The predicted octanol–water partition coefficient (Wildman–Crippen LogP) is 3.03. The Hall–Kier alpha value is -1.72. The summed E-state index contributed by atoms with van der Waals surface area (Å²) in [5.41, 5.74) is -0.342. The van der Waals surface area contributed by atoms with E-state index in [9.17, 15) is 18.0 Å². The van der Waals surface area contributed by atoms with Crippen LogP contribution in [0.1, 0.15) is 25.3 Å². The first-order valence-corrected chi connectivity index (χ1v) is 6.11. The predicted molar refractivity (Wildman–Crippen MR) is 67.9 cm³/mol. The third-order valence-corrected chi connectivity index (χ3v) is 2.44. The first-order valence-electron chi connectivity index (χ1n) is 6.11. The Morgan fingerprint density at radius 2 is 2.00 bits per heavy atom. The van der Waals surface area contributed by atoms with Gasteiger partial charge in [-0.1, -0.05) is 13.0 Å². The van der Waals surface area contributed by atoms with E-state index in [0.717, 1.165) is 18.6 Å². The van der Waals surface area contributed by atoms with Gasteiger partial charge in [0.2, 0.25) is 5.91 Å². The molecule has 0 saturated heterocycles. The van der Waals surface area contributed by atoms with E-state index in [4.69, 9.17) is 0 Å². The fraction of sp³-hybridized carbons (Fsp3) is 0.462. The Kier molecular flexibility index (Phi) is 5.66. The van der Waals surface area contributed by atoms with Gasteiger partial charge in [0.15, 0.2) is 0 Å². The van der Waals surface area contributed by atoms with Crippen molar-refractivity contribution in [2.75, 3.05) is 18.4 Å². The van der Waals surface area contributed by atoms with E-state index < -0.39 is 11.7 Å². The van der Waals surface area contributed by atoms with Gasteiger partial charge in [-0.2, -0.15) is 13.2 Å². The number of halogens is 3. The summed E-state index contributed by atoms with van der Waals surface area (Å²) in [4.78, 5) is 11.3. The molecule has 0 heterocycles. The van der Waals surface area contributed by atoms with E-state index in [0.29, 0.717) is 18.8 Å². The molecule has 1 aromatic carbocycles. The molecule has 0 saturated carbocycles. The number of hydrogen-bond acceptors (Lipinski definition) is 2. The third-order valence-electron chi connectivity index (χ3n) is 2.44. The van der Waals surface area contributed by atoms with Gasteiger partial charge >= 0.3 is 6.18 Å². The molecule has 0 unspecified atom stereocenters. The molecule has 2 N–H and O–H groups in total. The smallest absolute Gasteiger partial charge is 0.385 e. The van der Waals surface area contributed by atoms with E-state index in [1.54, 1.807) is 6.07 Å². The number of hydrogen-bond donors (Lipinski definition) is 2. The first-order chi connectivity index (χ1) is 8.93. The number of rotatable bonds is 6. The van der Waals surface area contributed by atoms with Gasteiger partial charge in [0.1, 0.15) is 0 Å². The molecule has 19 heavy (non-hydrogen) atoms. The van der Waals surface area contributed by atoms with Crippen molar-refractivity contribution in [3.05, 3.63) is 29.8 Å². The van der Waals surface area contributed by atoms with Crippen LogP contribution in [0, 0.1) is 0 Å². The topological polar surface area (TPSA) is 41.1 Å². The second-order valence-corrected chi connectivity index (χ2v) is 4.11. The molecule has 0 aliphatic carbocycles. The number of benzene rings is 1. The van der Waals surface area contributed by atoms with Gasteiger partial charge in [-0.15, -0.1) is 0 Å². The van der Waals surface area contributed by atoms with Gasteiger partial charge in [-0.05, 0) is 24.6 Å². The minimum atomic E-state index is -4.35. The molecular weight excluding hydrogens is 257 g/mol. The van der Waals surface area contributed by atoms with E-state index in [1.807, 2.05) is 6.92 Å². The van der Waals surface area contributed by atoms with Crippen LogP contribution in [0.2, 0.25) is 0 Å². The van der Waals surface area contributed by atoms with Crippen molar-refractivity contribution >= 4 is 11.6 Å². The first kappa shape index (κ1) is 15.3. The summed E-state index contributed by atoms with van der Waals surface area (Å²) >= 11 is 0. The average Bonchev–Trinajstić information content (AvgIpc) is 2.36. The highest BCUT2D eigenvalue weighted by Gasteiger charge is 2.30. The lowest BCUT2D eigenvalue weighted by atomic mass is 10.2. The normalized spacial score (nSPS) is 11.2. The molecule has 0 aliphatic rings. The highest BCUT2D eigenvalue weighted by molar-refractivity contribution is 5.76. The van der Waals surface area contributed by atoms with Crippen LogP contribution in [0.5, 0.6) is 0 Å². The molecule has 0 spiro atoms. The van der Waals surface area contributed by atoms with Crippen LogP contribution in [0.3, 0.4) is 0 Å². The standard InChI is InChI=1S/C13H17F3N2O/c1-2-7-18-12(19)6-8-17-11-5-3-4-10(9-11)13(14,15)16/h3-5,9,17H,2,6-8H2,1H3,(H,18,19). The molecule has 0 aliphatic heterocycles. The van der Waals surface area contributed by atoms with Gasteiger partial charge in [0.05, 0.1) is 5.56 Å². The van der Waals surface area contributed by atoms with E-state index in [1.165, 1.54) is 6.07 Å². The number of nitrogens with one attached hydrogen (secondary N) is 2. The molecule has 0 fully saturated rings. The molecule has 106 valence electrons. The van der Waals surface area contributed by atoms with Crippen molar-refractivity contribution in [3.63, 3.8) is 0 Å². The molecule has 0 atom stereocenters. The number of carbonyl (C=O) groups excluding carboxylic acids is 1. The monoisotopic (exact) mass is 274 g/mol. The zero-order valence-electron chi connectivity index (χ0n) is 10.7. The summed E-state index contributed by atoms with van der Waals surface area (Å²) in [7, 11) is 0. The summed E-state index contributed by atoms with van der Waals surface area (Å²) in [5.74, 6) is -0.110. The molecule has 0 bridgehead atoms. The number of carbonyl (C=O) groups is 1. The fourth-order valence-corrected chi connectivity index (χ4v) is 1.48. The van der Waals surface area contributed by atoms with Crippen molar-refractivity contribution < 1.29 is 18.0 Å². The summed E-state index contributed by atoms with van der Waals surface area (Å²) < 4.78 is 37.4. The van der Waals surface area contributed by atoms with Gasteiger partial charge in [0.25, 0.3) is 0 Å². The van der Waals surface area contributed by atoms with Gasteiger partial charge in [0, 0.05) is 25.2 Å². The van der Waals surface area contributed by atoms with E-state index >= 15 is 0 Å². The maximum atomic E-state index is 12.5. The Morgan fingerprint density at radius 3 is 2.63 bits per heavy atom. The minimum Gasteiger partial charge on any atom is -0.385 e. The van der Waals surface area contributed by atoms with E-state index in [2.05, 4.69) is 10.6 Å². The maximum absolute atomic E-state index is 12.5. The summed E-state index contributed by atoms with van der Waals surface area (Å²) in [6.45, 7) is 2.86. The van der Waals surface area contributed by atoms with Crippen molar-refractivity contribution in [1.82, 2.24) is 5.32 Å². The molecule has 1 rings (SSSR count). The van der Waals surface area contributed by atoms with Gasteiger partial charge < -0.3 is 10.6 Å². The van der Waals surface area contributed by atoms with Crippen LogP contribution in [-0.2, 0) is 11.0 Å².